The second kappa shape index (κ2) is 5.47. The molecule has 1 heterocycles. The van der Waals surface area contributed by atoms with Gasteiger partial charge in [-0.15, -0.1) is 0 Å². The summed E-state index contributed by atoms with van der Waals surface area (Å²) >= 11 is 0. The smallest absolute Gasteiger partial charge is 0.217 e. The molecular formula is C16H22N2O. The summed E-state index contributed by atoms with van der Waals surface area (Å²) in [5.74, 6) is 1.07. The van der Waals surface area contributed by atoms with Crippen LogP contribution in [0.2, 0.25) is 0 Å². The predicted molar refractivity (Wildman–Crippen MR) is 77.9 cm³/mol. The highest BCUT2D eigenvalue weighted by molar-refractivity contribution is 5.42. The molecule has 0 atom stereocenters. The molecule has 102 valence electrons. The third kappa shape index (κ3) is 2.80. The van der Waals surface area contributed by atoms with Crippen molar-refractivity contribution in [3.8, 4) is 11.6 Å². The maximum absolute atomic E-state index is 10.4. The number of nitrogens with zero attached hydrogens (tertiary/aromatic N) is 2. The predicted octanol–water partition coefficient (Wildman–Crippen LogP) is 3.90. The first-order valence-electron chi connectivity index (χ1n) is 6.86. The summed E-state index contributed by atoms with van der Waals surface area (Å²) in [6.45, 7) is 8.52. The van der Waals surface area contributed by atoms with E-state index in [9.17, 15) is 5.11 Å². The van der Waals surface area contributed by atoms with E-state index in [0.717, 1.165) is 23.4 Å². The molecule has 0 aliphatic rings. The van der Waals surface area contributed by atoms with Gasteiger partial charge in [-0.1, -0.05) is 45.9 Å². The monoisotopic (exact) mass is 258 g/mol. The summed E-state index contributed by atoms with van der Waals surface area (Å²) in [4.78, 5) is 0. The molecule has 19 heavy (non-hydrogen) atoms. The number of aromatic hydroxyl groups is 1. The Morgan fingerprint density at radius 1 is 1.11 bits per heavy atom. The molecule has 0 spiro atoms. The summed E-state index contributed by atoms with van der Waals surface area (Å²) in [5, 5.41) is 15.1. The summed E-state index contributed by atoms with van der Waals surface area (Å²) in [7, 11) is 0. The van der Waals surface area contributed by atoms with E-state index in [2.05, 4.69) is 32.8 Å². The first-order valence-corrected chi connectivity index (χ1v) is 6.86. The van der Waals surface area contributed by atoms with Crippen molar-refractivity contribution in [3.05, 3.63) is 41.6 Å². The fourth-order valence-corrected chi connectivity index (χ4v) is 2.34. The summed E-state index contributed by atoms with van der Waals surface area (Å²) in [6.07, 6.45) is 0.890. The molecule has 0 bridgehead atoms. The van der Waals surface area contributed by atoms with Crippen molar-refractivity contribution >= 4 is 0 Å². The highest BCUT2D eigenvalue weighted by Gasteiger charge is 2.21. The van der Waals surface area contributed by atoms with Crippen LogP contribution in [0.25, 0.3) is 5.69 Å². The Labute approximate surface area is 114 Å². The van der Waals surface area contributed by atoms with Crippen molar-refractivity contribution in [2.24, 2.45) is 5.92 Å². The van der Waals surface area contributed by atoms with Gasteiger partial charge in [0.2, 0.25) is 5.88 Å². The number of para-hydroxylation sites is 1. The number of rotatable bonds is 4. The zero-order valence-electron chi connectivity index (χ0n) is 12.1. The standard InChI is InChI=1S/C16H22N2O/c1-11(2)10-14-15(12(3)4)16(19)18(17-14)13-8-6-5-7-9-13/h5-9,11-12,19H,10H2,1-4H3. The second-order valence-corrected chi connectivity index (χ2v) is 5.68. The molecule has 0 radical (unpaired) electrons. The van der Waals surface area contributed by atoms with Crippen molar-refractivity contribution < 1.29 is 5.11 Å². The lowest BCUT2D eigenvalue weighted by Gasteiger charge is -2.07. The van der Waals surface area contributed by atoms with Crippen LogP contribution in [0.4, 0.5) is 0 Å². The molecule has 3 nitrogen and oxygen atoms in total. The van der Waals surface area contributed by atoms with Crippen molar-refractivity contribution in [3.63, 3.8) is 0 Å². The van der Waals surface area contributed by atoms with E-state index in [1.165, 1.54) is 0 Å². The molecule has 0 unspecified atom stereocenters. The van der Waals surface area contributed by atoms with Gasteiger partial charge in [0.25, 0.3) is 0 Å². The Kier molecular flexibility index (Phi) is 3.93. The van der Waals surface area contributed by atoms with Gasteiger partial charge in [-0.2, -0.15) is 5.10 Å². The van der Waals surface area contributed by atoms with Gasteiger partial charge in [0.15, 0.2) is 0 Å². The number of aromatic nitrogens is 2. The van der Waals surface area contributed by atoms with Gasteiger partial charge in [0.05, 0.1) is 11.4 Å². The van der Waals surface area contributed by atoms with Crippen LogP contribution in [-0.4, -0.2) is 14.9 Å². The van der Waals surface area contributed by atoms with Gasteiger partial charge in [-0.25, -0.2) is 4.68 Å². The number of hydrogen-bond acceptors (Lipinski definition) is 2. The lowest BCUT2D eigenvalue weighted by atomic mass is 9.98. The highest BCUT2D eigenvalue weighted by atomic mass is 16.3. The fraction of sp³-hybridized carbons (Fsp3) is 0.438. The second-order valence-electron chi connectivity index (χ2n) is 5.68. The lowest BCUT2D eigenvalue weighted by Crippen LogP contribution is -2.00. The largest absolute Gasteiger partial charge is 0.493 e. The number of hydrogen-bond donors (Lipinski definition) is 1. The molecule has 3 heteroatoms. The molecular weight excluding hydrogens is 236 g/mol. The van der Waals surface area contributed by atoms with Crippen molar-refractivity contribution in [1.29, 1.82) is 0 Å². The maximum atomic E-state index is 10.4. The van der Waals surface area contributed by atoms with Gasteiger partial charge in [-0.05, 0) is 30.4 Å². The zero-order valence-corrected chi connectivity index (χ0v) is 12.1. The molecule has 2 rings (SSSR count). The Morgan fingerprint density at radius 3 is 2.26 bits per heavy atom. The van der Waals surface area contributed by atoms with E-state index in [1.807, 2.05) is 30.3 Å². The topological polar surface area (TPSA) is 38.0 Å². The van der Waals surface area contributed by atoms with Crippen LogP contribution in [0, 0.1) is 5.92 Å². The first-order chi connectivity index (χ1) is 9.00. The van der Waals surface area contributed by atoms with Crippen LogP contribution in [0.5, 0.6) is 5.88 Å². The summed E-state index contributed by atoms with van der Waals surface area (Å²) in [5.41, 5.74) is 2.88. The third-order valence-electron chi connectivity index (χ3n) is 3.15. The summed E-state index contributed by atoms with van der Waals surface area (Å²) in [6, 6.07) is 9.77. The molecule has 0 saturated carbocycles. The van der Waals surface area contributed by atoms with Gasteiger partial charge in [0, 0.05) is 5.56 Å². The average molecular weight is 258 g/mol. The molecule has 0 saturated heterocycles. The first kappa shape index (κ1) is 13.7. The molecule has 1 aromatic carbocycles. The van der Waals surface area contributed by atoms with Gasteiger partial charge in [-0.3, -0.25) is 0 Å². The quantitative estimate of drug-likeness (QED) is 0.903. The minimum atomic E-state index is 0.270. The van der Waals surface area contributed by atoms with Gasteiger partial charge >= 0.3 is 0 Å². The molecule has 0 amide bonds. The van der Waals surface area contributed by atoms with Gasteiger partial charge < -0.3 is 5.11 Å². The van der Waals surface area contributed by atoms with Crippen LogP contribution in [-0.2, 0) is 6.42 Å². The van der Waals surface area contributed by atoms with Crippen LogP contribution >= 0.6 is 0 Å². The zero-order chi connectivity index (χ0) is 14.0. The SMILES string of the molecule is CC(C)Cc1nn(-c2ccccc2)c(O)c1C(C)C. The van der Waals surface area contributed by atoms with E-state index in [0.29, 0.717) is 5.92 Å². The molecule has 0 fully saturated rings. The van der Waals surface area contributed by atoms with Crippen LogP contribution in [0.15, 0.2) is 30.3 Å². The van der Waals surface area contributed by atoms with E-state index in [4.69, 9.17) is 0 Å². The normalized spacial score (nSPS) is 11.5. The van der Waals surface area contributed by atoms with Gasteiger partial charge in [0.1, 0.15) is 0 Å². The van der Waals surface area contributed by atoms with E-state index < -0.39 is 0 Å². The van der Waals surface area contributed by atoms with E-state index in [1.54, 1.807) is 4.68 Å². The molecule has 1 N–H and O–H groups in total. The van der Waals surface area contributed by atoms with Crippen molar-refractivity contribution in [1.82, 2.24) is 9.78 Å². The third-order valence-corrected chi connectivity index (χ3v) is 3.15. The lowest BCUT2D eigenvalue weighted by molar-refractivity contribution is 0.425. The maximum Gasteiger partial charge on any atom is 0.217 e. The average Bonchev–Trinajstić information content (AvgIpc) is 2.66. The molecule has 1 aromatic heterocycles. The van der Waals surface area contributed by atoms with Crippen LogP contribution in [0.3, 0.4) is 0 Å². The Hall–Kier alpha value is -1.77. The Balaban J connectivity index is 2.52. The van der Waals surface area contributed by atoms with E-state index in [-0.39, 0.29) is 11.8 Å². The molecule has 2 aromatic rings. The minimum Gasteiger partial charge on any atom is -0.493 e. The van der Waals surface area contributed by atoms with Crippen molar-refractivity contribution in [2.45, 2.75) is 40.0 Å². The van der Waals surface area contributed by atoms with Crippen molar-refractivity contribution in [2.75, 3.05) is 0 Å². The molecule has 0 aliphatic carbocycles. The van der Waals surface area contributed by atoms with Crippen LogP contribution in [0.1, 0.15) is 44.9 Å². The van der Waals surface area contributed by atoms with E-state index >= 15 is 0 Å². The number of benzene rings is 1. The minimum absolute atomic E-state index is 0.270. The summed E-state index contributed by atoms with van der Waals surface area (Å²) < 4.78 is 1.65. The fourth-order valence-electron chi connectivity index (χ4n) is 2.34. The Bertz CT molecular complexity index is 541. The highest BCUT2D eigenvalue weighted by Crippen LogP contribution is 2.32. The Morgan fingerprint density at radius 2 is 1.74 bits per heavy atom. The van der Waals surface area contributed by atoms with Crippen LogP contribution < -0.4 is 0 Å². The molecule has 0 aliphatic heterocycles.